The molecule has 0 bridgehead atoms. The Morgan fingerprint density at radius 2 is 2.30 bits per heavy atom. The van der Waals surface area contributed by atoms with Crippen molar-refractivity contribution in [2.24, 2.45) is 0 Å². The molecule has 106 valence electrons. The van der Waals surface area contributed by atoms with Gasteiger partial charge in [-0.15, -0.1) is 11.3 Å². The molecule has 1 atom stereocenters. The van der Waals surface area contributed by atoms with Crippen LogP contribution in [0.15, 0.2) is 29.6 Å². The van der Waals surface area contributed by atoms with Crippen molar-refractivity contribution >= 4 is 22.9 Å². The van der Waals surface area contributed by atoms with Crippen LogP contribution in [0.3, 0.4) is 0 Å². The summed E-state index contributed by atoms with van der Waals surface area (Å²) >= 11 is 1.63. The molecule has 0 spiro atoms. The number of aromatic nitrogens is 1. The summed E-state index contributed by atoms with van der Waals surface area (Å²) in [6.45, 7) is 4.47. The van der Waals surface area contributed by atoms with Gasteiger partial charge >= 0.3 is 0 Å². The third kappa shape index (κ3) is 3.81. The van der Waals surface area contributed by atoms with E-state index in [2.05, 4.69) is 10.3 Å². The topological polar surface area (TPSA) is 68.0 Å². The van der Waals surface area contributed by atoms with Crippen LogP contribution >= 0.6 is 11.3 Å². The molecule has 0 aliphatic heterocycles. The number of anilines is 1. The number of thiazole rings is 1. The van der Waals surface area contributed by atoms with Gasteiger partial charge in [-0.25, -0.2) is 4.98 Å². The first-order chi connectivity index (χ1) is 9.56. The molecular weight excluding hydrogens is 270 g/mol. The first-order valence-corrected chi connectivity index (χ1v) is 7.48. The van der Waals surface area contributed by atoms with E-state index >= 15 is 0 Å². The molecule has 1 heterocycles. The first kappa shape index (κ1) is 14.5. The lowest BCUT2D eigenvalue weighted by atomic mass is 10.00. The molecule has 1 unspecified atom stereocenters. The number of nitrogens with one attached hydrogen (secondary N) is 1. The Morgan fingerprint density at radius 1 is 1.50 bits per heavy atom. The van der Waals surface area contributed by atoms with E-state index < -0.39 is 0 Å². The van der Waals surface area contributed by atoms with E-state index in [-0.39, 0.29) is 11.8 Å². The summed E-state index contributed by atoms with van der Waals surface area (Å²) in [6, 6.07) is 7.45. The summed E-state index contributed by atoms with van der Waals surface area (Å²) < 4.78 is 0. The van der Waals surface area contributed by atoms with Gasteiger partial charge in [0.2, 0.25) is 5.91 Å². The maximum Gasteiger partial charge on any atom is 0.227 e. The van der Waals surface area contributed by atoms with Gasteiger partial charge in [-0.05, 0) is 31.5 Å². The van der Waals surface area contributed by atoms with Crippen molar-refractivity contribution in [3.05, 3.63) is 45.9 Å². The highest BCUT2D eigenvalue weighted by atomic mass is 32.1. The monoisotopic (exact) mass is 289 g/mol. The number of rotatable bonds is 5. The van der Waals surface area contributed by atoms with Gasteiger partial charge in [-0.2, -0.15) is 0 Å². The molecule has 0 aliphatic rings. The maximum absolute atomic E-state index is 12.1. The van der Waals surface area contributed by atoms with Crippen molar-refractivity contribution in [1.82, 2.24) is 10.3 Å². The van der Waals surface area contributed by atoms with Gasteiger partial charge in [0.05, 0.1) is 16.6 Å². The van der Waals surface area contributed by atoms with Crippen LogP contribution in [0, 0.1) is 6.92 Å². The average Bonchev–Trinajstić information content (AvgIpc) is 2.83. The predicted octanol–water partition coefficient (Wildman–Crippen LogP) is 2.50. The lowest BCUT2D eigenvalue weighted by molar-refractivity contribution is -0.122. The Morgan fingerprint density at radius 3 is 2.95 bits per heavy atom. The van der Waals surface area contributed by atoms with Gasteiger partial charge in [0.25, 0.3) is 0 Å². The molecule has 2 aromatic rings. The SMILES string of the molecule is Cc1nc(CCNC(=O)C(C)c2cccc(N)c2)cs1. The molecule has 5 heteroatoms. The molecule has 0 fully saturated rings. The van der Waals surface area contributed by atoms with Crippen molar-refractivity contribution in [2.75, 3.05) is 12.3 Å². The zero-order valence-corrected chi connectivity index (χ0v) is 12.5. The van der Waals surface area contributed by atoms with Gasteiger partial charge in [0, 0.05) is 24.0 Å². The van der Waals surface area contributed by atoms with E-state index in [1.807, 2.05) is 43.5 Å². The molecule has 1 aromatic heterocycles. The van der Waals surface area contributed by atoms with Gasteiger partial charge in [-0.1, -0.05) is 12.1 Å². The normalized spacial score (nSPS) is 12.1. The molecule has 1 aromatic carbocycles. The van der Waals surface area contributed by atoms with Gasteiger partial charge in [0.15, 0.2) is 0 Å². The fraction of sp³-hybridized carbons (Fsp3) is 0.333. The molecule has 20 heavy (non-hydrogen) atoms. The van der Waals surface area contributed by atoms with Gasteiger partial charge in [0.1, 0.15) is 0 Å². The Labute approximate surface area is 123 Å². The van der Waals surface area contributed by atoms with Crippen LogP contribution in [0.1, 0.15) is 29.1 Å². The van der Waals surface area contributed by atoms with Crippen LogP contribution in [0.5, 0.6) is 0 Å². The smallest absolute Gasteiger partial charge is 0.227 e. The Balaban J connectivity index is 1.85. The first-order valence-electron chi connectivity index (χ1n) is 6.60. The van der Waals surface area contributed by atoms with E-state index in [1.165, 1.54) is 0 Å². The summed E-state index contributed by atoms with van der Waals surface area (Å²) in [4.78, 5) is 16.5. The second-order valence-electron chi connectivity index (χ2n) is 4.79. The predicted molar refractivity (Wildman–Crippen MR) is 82.8 cm³/mol. The fourth-order valence-corrected chi connectivity index (χ4v) is 2.62. The van der Waals surface area contributed by atoms with Crippen molar-refractivity contribution in [1.29, 1.82) is 0 Å². The molecule has 0 radical (unpaired) electrons. The zero-order chi connectivity index (χ0) is 14.5. The highest BCUT2D eigenvalue weighted by Crippen LogP contribution is 2.17. The van der Waals surface area contributed by atoms with E-state index in [1.54, 1.807) is 11.3 Å². The van der Waals surface area contributed by atoms with Crippen LogP contribution in [0.25, 0.3) is 0 Å². The number of nitrogen functional groups attached to an aromatic ring is 1. The van der Waals surface area contributed by atoms with E-state index in [0.717, 1.165) is 22.7 Å². The van der Waals surface area contributed by atoms with E-state index in [0.29, 0.717) is 12.2 Å². The average molecular weight is 289 g/mol. The van der Waals surface area contributed by atoms with Crippen molar-refractivity contribution in [2.45, 2.75) is 26.2 Å². The highest BCUT2D eigenvalue weighted by Gasteiger charge is 2.14. The lowest BCUT2D eigenvalue weighted by Gasteiger charge is -2.12. The number of nitrogens with two attached hydrogens (primary N) is 1. The number of benzene rings is 1. The van der Waals surface area contributed by atoms with Crippen molar-refractivity contribution < 1.29 is 4.79 Å². The van der Waals surface area contributed by atoms with Crippen LogP contribution < -0.4 is 11.1 Å². The van der Waals surface area contributed by atoms with Crippen LogP contribution in [0.2, 0.25) is 0 Å². The number of hydrogen-bond donors (Lipinski definition) is 2. The van der Waals surface area contributed by atoms with E-state index in [4.69, 9.17) is 5.73 Å². The van der Waals surface area contributed by atoms with Crippen LogP contribution in [-0.2, 0) is 11.2 Å². The summed E-state index contributed by atoms with van der Waals surface area (Å²) in [5, 5.41) is 6.03. The van der Waals surface area contributed by atoms with Gasteiger partial charge in [-0.3, -0.25) is 4.79 Å². The molecule has 4 nitrogen and oxygen atoms in total. The summed E-state index contributed by atoms with van der Waals surface area (Å²) in [5.41, 5.74) is 8.39. The van der Waals surface area contributed by atoms with Crippen molar-refractivity contribution in [3.8, 4) is 0 Å². The third-order valence-corrected chi connectivity index (χ3v) is 3.97. The van der Waals surface area contributed by atoms with E-state index in [9.17, 15) is 4.79 Å². The Hall–Kier alpha value is -1.88. The minimum atomic E-state index is -0.198. The lowest BCUT2D eigenvalue weighted by Crippen LogP contribution is -2.29. The second-order valence-corrected chi connectivity index (χ2v) is 5.85. The number of aryl methyl sites for hydroxylation is 1. The van der Waals surface area contributed by atoms with Gasteiger partial charge < -0.3 is 11.1 Å². The number of carbonyl (C=O) groups excluding carboxylic acids is 1. The zero-order valence-electron chi connectivity index (χ0n) is 11.7. The van der Waals surface area contributed by atoms with Crippen molar-refractivity contribution in [3.63, 3.8) is 0 Å². The molecule has 2 rings (SSSR count). The molecule has 1 amide bonds. The third-order valence-electron chi connectivity index (χ3n) is 3.15. The number of hydrogen-bond acceptors (Lipinski definition) is 4. The second kappa shape index (κ2) is 6.52. The summed E-state index contributed by atoms with van der Waals surface area (Å²) in [5.74, 6) is -0.182. The standard InChI is InChI=1S/C15H19N3OS/c1-10(12-4-3-5-13(16)8-12)15(19)17-7-6-14-9-20-11(2)18-14/h3-5,8-10H,6-7,16H2,1-2H3,(H,17,19). The fourth-order valence-electron chi connectivity index (χ4n) is 1.97. The maximum atomic E-state index is 12.1. The summed E-state index contributed by atoms with van der Waals surface area (Å²) in [7, 11) is 0. The minimum Gasteiger partial charge on any atom is -0.399 e. The molecule has 0 saturated carbocycles. The number of nitrogens with zero attached hydrogens (tertiary/aromatic N) is 1. The number of carbonyl (C=O) groups is 1. The quantitative estimate of drug-likeness (QED) is 0.831. The van der Waals surface area contributed by atoms with Crippen LogP contribution in [0.4, 0.5) is 5.69 Å². The molecule has 0 aliphatic carbocycles. The molecular formula is C15H19N3OS. The molecule has 0 saturated heterocycles. The van der Waals surface area contributed by atoms with Crippen LogP contribution in [-0.4, -0.2) is 17.4 Å². The summed E-state index contributed by atoms with van der Waals surface area (Å²) in [6.07, 6.45) is 0.764. The Bertz CT molecular complexity index is 594. The molecule has 3 N–H and O–H groups in total. The largest absolute Gasteiger partial charge is 0.399 e. The Kier molecular flexibility index (Phi) is 4.74. The number of amides is 1. The highest BCUT2D eigenvalue weighted by molar-refractivity contribution is 7.09. The minimum absolute atomic E-state index is 0.0163.